The monoisotopic (exact) mass is 412 g/mol. The molecule has 28 heavy (non-hydrogen) atoms. The van der Waals surface area contributed by atoms with E-state index in [-0.39, 0.29) is 17.8 Å². The molecule has 1 heterocycles. The number of ether oxygens (including phenoxy) is 2. The van der Waals surface area contributed by atoms with Crippen molar-refractivity contribution in [1.82, 2.24) is 4.90 Å². The highest BCUT2D eigenvalue weighted by molar-refractivity contribution is 7.92. The van der Waals surface area contributed by atoms with Crippen LogP contribution < -0.4 is 9.04 Å². The third-order valence-electron chi connectivity index (χ3n) is 4.98. The summed E-state index contributed by atoms with van der Waals surface area (Å²) < 4.78 is 36.3. The van der Waals surface area contributed by atoms with E-state index < -0.39 is 16.1 Å². The van der Waals surface area contributed by atoms with Gasteiger partial charge in [0.2, 0.25) is 15.9 Å². The van der Waals surface area contributed by atoms with Crippen LogP contribution in [-0.2, 0) is 24.3 Å². The first-order valence-electron chi connectivity index (χ1n) is 9.10. The van der Waals surface area contributed by atoms with Crippen molar-refractivity contribution >= 4 is 27.6 Å². The Morgan fingerprint density at radius 2 is 1.82 bits per heavy atom. The zero-order valence-corrected chi connectivity index (χ0v) is 17.8. The van der Waals surface area contributed by atoms with Crippen LogP contribution in [0.5, 0.6) is 5.75 Å². The Morgan fingerprint density at radius 1 is 1.21 bits per heavy atom. The van der Waals surface area contributed by atoms with Crippen LogP contribution in [0, 0.1) is 12.8 Å². The van der Waals surface area contributed by atoms with Gasteiger partial charge >= 0.3 is 5.97 Å². The van der Waals surface area contributed by atoms with Crippen LogP contribution in [0.2, 0.25) is 0 Å². The van der Waals surface area contributed by atoms with E-state index in [1.54, 1.807) is 24.0 Å². The quantitative estimate of drug-likeness (QED) is 0.659. The van der Waals surface area contributed by atoms with Crippen molar-refractivity contribution in [3.05, 3.63) is 23.8 Å². The SMILES string of the molecule is COC(=O)C1CCN(C(=O)[C@@H](C)N(c2cc(C)ccc2OC)S(C)(=O)=O)CC1. The standard InChI is InChI=1S/C19H28N2O6S/c1-13-6-7-17(26-3)16(12-13)21(28(5,24)25)14(2)18(22)20-10-8-15(9-11-20)19(23)27-4/h6-7,12,14-15H,8-11H2,1-5H3/t14-/m1/s1. The van der Waals surface area contributed by atoms with Crippen molar-refractivity contribution in [3.63, 3.8) is 0 Å². The summed E-state index contributed by atoms with van der Waals surface area (Å²) >= 11 is 0. The van der Waals surface area contributed by atoms with Gasteiger partial charge in [-0.15, -0.1) is 0 Å². The number of nitrogens with zero attached hydrogens (tertiary/aromatic N) is 2. The summed E-state index contributed by atoms with van der Waals surface area (Å²) in [5.41, 5.74) is 1.18. The molecule has 1 saturated heterocycles. The lowest BCUT2D eigenvalue weighted by atomic mass is 9.96. The molecule has 0 aliphatic carbocycles. The maximum atomic E-state index is 13.1. The maximum absolute atomic E-state index is 13.1. The summed E-state index contributed by atoms with van der Waals surface area (Å²) in [7, 11) is -0.941. The lowest BCUT2D eigenvalue weighted by Gasteiger charge is -2.36. The van der Waals surface area contributed by atoms with Crippen LogP contribution in [0.1, 0.15) is 25.3 Å². The molecule has 1 aliphatic rings. The number of rotatable bonds is 6. The fourth-order valence-corrected chi connectivity index (χ4v) is 4.68. The number of hydrogen-bond donors (Lipinski definition) is 0. The molecule has 0 saturated carbocycles. The van der Waals surface area contributed by atoms with Gasteiger partial charge in [0.1, 0.15) is 11.8 Å². The number of hydrogen-bond acceptors (Lipinski definition) is 6. The minimum absolute atomic E-state index is 0.229. The molecule has 0 N–H and O–H groups in total. The van der Waals surface area contributed by atoms with Crippen molar-refractivity contribution < 1.29 is 27.5 Å². The van der Waals surface area contributed by atoms with E-state index in [2.05, 4.69) is 0 Å². The first kappa shape index (κ1) is 22.0. The van der Waals surface area contributed by atoms with Gasteiger partial charge in [-0.05, 0) is 44.4 Å². The fraction of sp³-hybridized carbons (Fsp3) is 0.579. The topological polar surface area (TPSA) is 93.2 Å². The predicted octanol–water partition coefficient (Wildman–Crippen LogP) is 1.57. The first-order chi connectivity index (χ1) is 13.1. The van der Waals surface area contributed by atoms with Gasteiger partial charge in [0.25, 0.3) is 0 Å². The average Bonchev–Trinajstić information content (AvgIpc) is 2.66. The number of piperidine rings is 1. The second-order valence-corrected chi connectivity index (χ2v) is 8.89. The number of benzene rings is 1. The second kappa shape index (κ2) is 8.81. The van der Waals surface area contributed by atoms with Crippen LogP contribution >= 0.6 is 0 Å². The molecule has 1 aliphatic heterocycles. The molecule has 9 heteroatoms. The molecule has 1 aromatic rings. The average molecular weight is 413 g/mol. The summed E-state index contributed by atoms with van der Waals surface area (Å²) in [6.45, 7) is 4.17. The summed E-state index contributed by atoms with van der Waals surface area (Å²) in [4.78, 5) is 26.3. The Hall–Kier alpha value is -2.29. The van der Waals surface area contributed by atoms with E-state index in [0.717, 1.165) is 16.1 Å². The van der Waals surface area contributed by atoms with Crippen LogP contribution in [0.25, 0.3) is 0 Å². The molecule has 0 bridgehead atoms. The van der Waals surface area contributed by atoms with Gasteiger partial charge in [-0.1, -0.05) is 6.07 Å². The number of likely N-dealkylation sites (tertiary alicyclic amines) is 1. The van der Waals surface area contributed by atoms with Crippen molar-refractivity contribution in [1.29, 1.82) is 0 Å². The minimum atomic E-state index is -3.75. The van der Waals surface area contributed by atoms with E-state index in [4.69, 9.17) is 9.47 Å². The Balaban J connectivity index is 2.28. The van der Waals surface area contributed by atoms with Crippen molar-refractivity contribution in [2.75, 3.05) is 37.9 Å². The van der Waals surface area contributed by atoms with Gasteiger partial charge in [-0.25, -0.2) is 8.42 Å². The summed E-state index contributed by atoms with van der Waals surface area (Å²) in [6, 6.07) is 4.24. The summed E-state index contributed by atoms with van der Waals surface area (Å²) in [5.74, 6) is -0.438. The molecular weight excluding hydrogens is 384 g/mol. The number of amides is 1. The smallest absolute Gasteiger partial charge is 0.308 e. The zero-order chi connectivity index (χ0) is 21.1. The number of carbonyl (C=O) groups is 2. The Bertz CT molecular complexity index is 831. The largest absolute Gasteiger partial charge is 0.495 e. The number of esters is 1. The van der Waals surface area contributed by atoms with Gasteiger partial charge in [0.15, 0.2) is 0 Å². The molecular formula is C19H28N2O6S. The maximum Gasteiger partial charge on any atom is 0.308 e. The number of sulfonamides is 1. The van der Waals surface area contributed by atoms with Gasteiger partial charge < -0.3 is 14.4 Å². The van der Waals surface area contributed by atoms with E-state index in [1.165, 1.54) is 14.2 Å². The van der Waals surface area contributed by atoms with Crippen LogP contribution in [-0.4, -0.2) is 64.8 Å². The summed E-state index contributed by atoms with van der Waals surface area (Å²) in [6.07, 6.45) is 2.07. The van der Waals surface area contributed by atoms with Gasteiger partial charge in [0.05, 0.1) is 32.1 Å². The third kappa shape index (κ3) is 4.76. The molecule has 0 aromatic heterocycles. The normalized spacial score (nSPS) is 16.4. The van der Waals surface area contributed by atoms with Crippen LogP contribution in [0.4, 0.5) is 5.69 Å². The second-order valence-electron chi connectivity index (χ2n) is 7.03. The van der Waals surface area contributed by atoms with E-state index in [9.17, 15) is 18.0 Å². The molecule has 0 spiro atoms. The molecule has 0 unspecified atom stereocenters. The number of anilines is 1. The molecule has 2 rings (SSSR count). The van der Waals surface area contributed by atoms with Crippen LogP contribution in [0.3, 0.4) is 0 Å². The number of aryl methyl sites for hydroxylation is 1. The molecule has 1 fully saturated rings. The highest BCUT2D eigenvalue weighted by Gasteiger charge is 2.36. The fourth-order valence-electron chi connectivity index (χ4n) is 3.51. The summed E-state index contributed by atoms with van der Waals surface area (Å²) in [5, 5.41) is 0. The molecule has 1 amide bonds. The van der Waals surface area contributed by atoms with Gasteiger partial charge in [0, 0.05) is 13.1 Å². The Labute approximate surface area is 166 Å². The van der Waals surface area contributed by atoms with E-state index in [0.29, 0.717) is 37.4 Å². The van der Waals surface area contributed by atoms with Crippen LogP contribution in [0.15, 0.2) is 18.2 Å². The highest BCUT2D eigenvalue weighted by atomic mass is 32.2. The van der Waals surface area contributed by atoms with Crippen molar-refractivity contribution in [2.24, 2.45) is 5.92 Å². The minimum Gasteiger partial charge on any atom is -0.495 e. The van der Waals surface area contributed by atoms with Gasteiger partial charge in [-0.3, -0.25) is 13.9 Å². The molecule has 1 aromatic carbocycles. The third-order valence-corrected chi connectivity index (χ3v) is 6.21. The lowest BCUT2D eigenvalue weighted by Crippen LogP contribution is -2.51. The van der Waals surface area contributed by atoms with Crippen molar-refractivity contribution in [3.8, 4) is 5.75 Å². The molecule has 156 valence electrons. The first-order valence-corrected chi connectivity index (χ1v) is 11.0. The van der Waals surface area contributed by atoms with E-state index in [1.807, 2.05) is 13.0 Å². The Morgan fingerprint density at radius 3 is 2.32 bits per heavy atom. The number of carbonyl (C=O) groups excluding carboxylic acids is 2. The Kier molecular flexibility index (Phi) is 6.92. The lowest BCUT2D eigenvalue weighted by molar-refractivity contribution is -0.149. The van der Waals surface area contributed by atoms with Crippen molar-refractivity contribution in [2.45, 2.75) is 32.7 Å². The van der Waals surface area contributed by atoms with E-state index >= 15 is 0 Å². The van der Waals surface area contributed by atoms with Gasteiger partial charge in [-0.2, -0.15) is 0 Å². The molecule has 8 nitrogen and oxygen atoms in total. The number of methoxy groups -OCH3 is 2. The molecule has 0 radical (unpaired) electrons. The predicted molar refractivity (Wildman–Crippen MR) is 106 cm³/mol. The zero-order valence-electron chi connectivity index (χ0n) is 17.0. The molecule has 1 atom stereocenters. The highest BCUT2D eigenvalue weighted by Crippen LogP contribution is 2.33.